The fourth-order valence-electron chi connectivity index (χ4n) is 3.67. The Bertz CT molecular complexity index is 1520. The second-order valence-corrected chi connectivity index (χ2v) is 7.68. The number of methoxy groups -OCH3 is 2. The molecule has 0 atom stereocenters. The van der Waals surface area contributed by atoms with Gasteiger partial charge in [0.2, 0.25) is 0 Å². The van der Waals surface area contributed by atoms with Gasteiger partial charge in [-0.1, -0.05) is 0 Å². The van der Waals surface area contributed by atoms with Crippen LogP contribution in [-0.4, -0.2) is 48.9 Å². The summed E-state index contributed by atoms with van der Waals surface area (Å²) in [4.78, 5) is 23.3. The number of fused-ring (bicyclic) bond motifs is 1. The zero-order chi connectivity index (χ0) is 25.2. The maximum atomic E-state index is 15.5. The summed E-state index contributed by atoms with van der Waals surface area (Å²) in [6.45, 7) is -0.0980. The maximum absolute atomic E-state index is 15.5. The van der Waals surface area contributed by atoms with Gasteiger partial charge < -0.3 is 14.4 Å². The predicted octanol–water partition coefficient (Wildman–Crippen LogP) is 3.85. The third-order valence-electron chi connectivity index (χ3n) is 5.41. The van der Waals surface area contributed by atoms with E-state index >= 15 is 8.78 Å². The van der Waals surface area contributed by atoms with Crippen LogP contribution in [0.2, 0.25) is 0 Å². The van der Waals surface area contributed by atoms with Gasteiger partial charge in [-0.25, -0.2) is 28.7 Å². The highest BCUT2D eigenvalue weighted by atomic mass is 19.1. The number of halogens is 2. The number of anilines is 2. The summed E-state index contributed by atoms with van der Waals surface area (Å²) >= 11 is 0. The molecule has 36 heavy (non-hydrogen) atoms. The number of aryl methyl sites for hydroxylation is 1. The average molecular weight is 490 g/mol. The van der Waals surface area contributed by atoms with Crippen molar-refractivity contribution in [2.45, 2.75) is 6.54 Å². The van der Waals surface area contributed by atoms with Crippen molar-refractivity contribution in [2.24, 2.45) is 7.05 Å². The van der Waals surface area contributed by atoms with Crippen LogP contribution in [0.15, 0.2) is 55.2 Å². The lowest BCUT2D eigenvalue weighted by molar-refractivity contribution is 0.358. The van der Waals surface area contributed by atoms with Gasteiger partial charge in [0.25, 0.3) is 0 Å². The highest BCUT2D eigenvalue weighted by molar-refractivity contribution is 5.77. The van der Waals surface area contributed by atoms with Gasteiger partial charge in [-0.15, -0.1) is 0 Å². The molecule has 0 radical (unpaired) electrons. The van der Waals surface area contributed by atoms with Gasteiger partial charge in [0.05, 0.1) is 38.9 Å². The first kappa shape index (κ1) is 23.0. The summed E-state index contributed by atoms with van der Waals surface area (Å²) < 4.78 is 42.9. The summed E-state index contributed by atoms with van der Waals surface area (Å²) in [5.74, 6) is -1.73. The molecule has 12 heteroatoms. The van der Waals surface area contributed by atoms with Gasteiger partial charge in [0, 0.05) is 37.3 Å². The van der Waals surface area contributed by atoms with Crippen LogP contribution in [0, 0.1) is 11.6 Å². The van der Waals surface area contributed by atoms with E-state index in [1.165, 1.54) is 19.1 Å². The van der Waals surface area contributed by atoms with Crippen molar-refractivity contribution in [2.75, 3.05) is 19.1 Å². The maximum Gasteiger partial charge on any atom is 0.191 e. The molecule has 5 aromatic rings. The predicted molar refractivity (Wildman–Crippen MR) is 127 cm³/mol. The van der Waals surface area contributed by atoms with Gasteiger partial charge in [-0.3, -0.25) is 9.67 Å². The minimum absolute atomic E-state index is 0.0980. The van der Waals surface area contributed by atoms with Crippen molar-refractivity contribution in [3.63, 3.8) is 0 Å². The number of hydrogen-bond acceptors (Lipinski definition) is 9. The van der Waals surface area contributed by atoms with Crippen molar-refractivity contribution in [1.82, 2.24) is 34.7 Å². The molecule has 10 nitrogen and oxygen atoms in total. The Balaban J connectivity index is 1.69. The molecule has 0 saturated heterocycles. The number of benzene rings is 1. The molecule has 0 bridgehead atoms. The number of pyridine rings is 1. The van der Waals surface area contributed by atoms with E-state index in [1.807, 2.05) is 0 Å². The van der Waals surface area contributed by atoms with Crippen molar-refractivity contribution < 1.29 is 18.3 Å². The summed E-state index contributed by atoms with van der Waals surface area (Å²) in [6.07, 6.45) is 8.15. The zero-order valence-electron chi connectivity index (χ0n) is 19.6. The third kappa shape index (κ3) is 4.24. The number of hydrogen-bond donors (Lipinski definition) is 0. The monoisotopic (exact) mass is 490 g/mol. The summed E-state index contributed by atoms with van der Waals surface area (Å²) in [5.41, 5.74) is 1.67. The van der Waals surface area contributed by atoms with E-state index in [9.17, 15) is 0 Å². The van der Waals surface area contributed by atoms with E-state index in [4.69, 9.17) is 9.47 Å². The molecule has 0 aliphatic heterocycles. The largest absolute Gasteiger partial charge is 0.493 e. The second kappa shape index (κ2) is 9.49. The topological polar surface area (TPSA) is 104 Å². The molecule has 0 unspecified atom stereocenters. The SMILES string of the molecule is COc1cc(OC)c(F)c(N(Cc2ncccn2)c2ccc3ncc(-c4cnn(C)c4)nc3n2)c1F. The Morgan fingerprint density at radius 3 is 2.31 bits per heavy atom. The normalized spacial score (nSPS) is 11.0. The molecule has 1 aromatic carbocycles. The number of ether oxygens (including phenoxy) is 2. The van der Waals surface area contributed by atoms with E-state index in [1.54, 1.807) is 60.9 Å². The molecule has 0 saturated carbocycles. The smallest absolute Gasteiger partial charge is 0.191 e. The Morgan fingerprint density at radius 1 is 0.944 bits per heavy atom. The molecular weight excluding hydrogens is 470 g/mol. The lowest BCUT2D eigenvalue weighted by atomic mass is 10.2. The van der Waals surface area contributed by atoms with Gasteiger partial charge in [0.1, 0.15) is 22.8 Å². The minimum Gasteiger partial charge on any atom is -0.493 e. The van der Waals surface area contributed by atoms with Crippen molar-refractivity contribution in [3.05, 3.63) is 72.7 Å². The molecule has 0 aliphatic carbocycles. The lowest BCUT2D eigenvalue weighted by Gasteiger charge is -2.25. The number of rotatable bonds is 7. The standard InChI is InChI=1S/C24H20F2N8O2/c1-33-12-14(10-30-33)16-11-29-15-5-6-20(32-24(15)31-16)34(13-19-27-7-4-8-28-19)23-21(25)17(35-2)9-18(36-3)22(23)26/h4-12H,13H2,1-3H3. The average Bonchev–Trinajstić information content (AvgIpc) is 3.34. The number of nitrogens with zero attached hydrogens (tertiary/aromatic N) is 8. The number of aromatic nitrogens is 7. The van der Waals surface area contributed by atoms with Crippen LogP contribution in [-0.2, 0) is 13.6 Å². The lowest BCUT2D eigenvalue weighted by Crippen LogP contribution is -2.22. The van der Waals surface area contributed by atoms with E-state index < -0.39 is 17.3 Å². The molecule has 5 rings (SSSR count). The Morgan fingerprint density at radius 2 is 1.67 bits per heavy atom. The quantitative estimate of drug-likeness (QED) is 0.336. The first-order valence-corrected chi connectivity index (χ1v) is 10.7. The Kier molecular flexibility index (Phi) is 6.07. The third-order valence-corrected chi connectivity index (χ3v) is 5.41. The first-order chi connectivity index (χ1) is 17.5. The van der Waals surface area contributed by atoms with E-state index in [0.29, 0.717) is 17.0 Å². The van der Waals surface area contributed by atoms with E-state index in [2.05, 4.69) is 30.0 Å². The molecular formula is C24H20F2N8O2. The van der Waals surface area contributed by atoms with Crippen LogP contribution >= 0.6 is 0 Å². The van der Waals surface area contributed by atoms with Crippen molar-refractivity contribution >= 4 is 22.7 Å². The highest BCUT2D eigenvalue weighted by Gasteiger charge is 2.27. The molecule has 4 heterocycles. The fraction of sp³-hybridized carbons (Fsp3) is 0.167. The second-order valence-electron chi connectivity index (χ2n) is 7.68. The van der Waals surface area contributed by atoms with Crippen molar-refractivity contribution in [3.8, 4) is 22.8 Å². The first-order valence-electron chi connectivity index (χ1n) is 10.7. The molecule has 182 valence electrons. The van der Waals surface area contributed by atoms with Crippen molar-refractivity contribution in [1.29, 1.82) is 0 Å². The van der Waals surface area contributed by atoms with Crippen LogP contribution in [0.1, 0.15) is 5.82 Å². The highest BCUT2D eigenvalue weighted by Crippen LogP contribution is 2.40. The summed E-state index contributed by atoms with van der Waals surface area (Å²) in [6, 6.07) is 6.05. The van der Waals surface area contributed by atoms with Gasteiger partial charge in [-0.05, 0) is 18.2 Å². The summed E-state index contributed by atoms with van der Waals surface area (Å²) in [7, 11) is 4.37. The van der Waals surface area contributed by atoms with Crippen LogP contribution in [0.5, 0.6) is 11.5 Å². The minimum atomic E-state index is -0.927. The van der Waals surface area contributed by atoms with Crippen LogP contribution in [0.3, 0.4) is 0 Å². The molecule has 0 fully saturated rings. The van der Waals surface area contributed by atoms with Gasteiger partial charge >= 0.3 is 0 Å². The molecule has 0 amide bonds. The molecule has 4 aromatic heterocycles. The van der Waals surface area contributed by atoms with E-state index in [-0.39, 0.29) is 29.5 Å². The van der Waals surface area contributed by atoms with Crippen LogP contribution in [0.4, 0.5) is 20.3 Å². The molecule has 0 aliphatic rings. The summed E-state index contributed by atoms with van der Waals surface area (Å²) in [5, 5.41) is 4.16. The van der Waals surface area contributed by atoms with E-state index in [0.717, 1.165) is 11.6 Å². The van der Waals surface area contributed by atoms with Crippen LogP contribution < -0.4 is 14.4 Å². The van der Waals surface area contributed by atoms with Gasteiger partial charge in [-0.2, -0.15) is 5.10 Å². The zero-order valence-corrected chi connectivity index (χ0v) is 19.6. The fourth-order valence-corrected chi connectivity index (χ4v) is 3.67. The Labute approximate surface area is 204 Å². The van der Waals surface area contributed by atoms with Gasteiger partial charge in [0.15, 0.2) is 28.8 Å². The van der Waals surface area contributed by atoms with Crippen LogP contribution in [0.25, 0.3) is 22.4 Å². The molecule has 0 N–H and O–H groups in total. The Hall–Kier alpha value is -4.74. The molecule has 0 spiro atoms.